The van der Waals surface area contributed by atoms with Gasteiger partial charge in [0.25, 0.3) is 5.91 Å². The molecule has 3 rings (SSSR count). The molecule has 0 bridgehead atoms. The molecule has 0 radical (unpaired) electrons. The van der Waals surface area contributed by atoms with Gasteiger partial charge in [0.1, 0.15) is 0 Å². The highest BCUT2D eigenvalue weighted by Crippen LogP contribution is 2.29. The van der Waals surface area contributed by atoms with Gasteiger partial charge in [-0.2, -0.15) is 0 Å². The zero-order valence-corrected chi connectivity index (χ0v) is 16.8. The number of rotatable bonds is 5. The Morgan fingerprint density at radius 2 is 1.79 bits per heavy atom. The van der Waals surface area contributed by atoms with Crippen LogP contribution in [0.4, 0.5) is 10.5 Å². The highest BCUT2D eigenvalue weighted by Gasteiger charge is 2.22. The maximum atomic E-state index is 12.4. The Bertz CT molecular complexity index is 843. The van der Waals surface area contributed by atoms with Gasteiger partial charge in [0.2, 0.25) is 0 Å². The van der Waals surface area contributed by atoms with Crippen LogP contribution in [0.25, 0.3) is 0 Å². The molecule has 0 spiro atoms. The normalized spacial score (nSPS) is 16.0. The Balaban J connectivity index is 1.59. The number of benzene rings is 2. The van der Waals surface area contributed by atoms with Gasteiger partial charge in [0.05, 0.1) is 6.04 Å². The molecule has 1 unspecified atom stereocenters. The van der Waals surface area contributed by atoms with E-state index in [1.54, 1.807) is 24.3 Å². The van der Waals surface area contributed by atoms with E-state index in [0.29, 0.717) is 11.3 Å². The molecule has 0 saturated heterocycles. The second kappa shape index (κ2) is 8.46. The summed E-state index contributed by atoms with van der Waals surface area (Å²) in [6.07, 6.45) is 3.92. The summed E-state index contributed by atoms with van der Waals surface area (Å²) in [4.78, 5) is 24.8. The second-order valence-corrected chi connectivity index (χ2v) is 8.01. The average Bonchev–Trinajstić information content (AvgIpc) is 2.68. The average molecular weight is 380 g/mol. The van der Waals surface area contributed by atoms with Crippen molar-refractivity contribution in [2.24, 2.45) is 0 Å². The molecule has 1 atom stereocenters. The number of fused-ring (bicyclic) bond motifs is 1. The van der Waals surface area contributed by atoms with Crippen LogP contribution in [0.5, 0.6) is 0 Å². The summed E-state index contributed by atoms with van der Waals surface area (Å²) in [6, 6.07) is 15.0. The summed E-state index contributed by atoms with van der Waals surface area (Å²) in [6.45, 7) is 6.03. The zero-order valence-electron chi connectivity index (χ0n) is 16.8. The Kier molecular flexibility index (Phi) is 6.02. The van der Waals surface area contributed by atoms with E-state index in [1.807, 2.05) is 32.9 Å². The maximum Gasteiger partial charge on any atom is 0.319 e. The summed E-state index contributed by atoms with van der Waals surface area (Å²) in [5.41, 5.74) is 3.50. The molecule has 3 amide bonds. The van der Waals surface area contributed by atoms with Gasteiger partial charge in [-0.15, -0.1) is 0 Å². The number of anilines is 1. The van der Waals surface area contributed by atoms with Crippen molar-refractivity contribution >= 4 is 17.6 Å². The molecular weight excluding hydrogens is 350 g/mol. The smallest absolute Gasteiger partial charge is 0.319 e. The number of carbonyl (C=O) groups excluding carboxylic acids is 2. The molecule has 28 heavy (non-hydrogen) atoms. The van der Waals surface area contributed by atoms with Crippen LogP contribution in [0, 0.1) is 0 Å². The van der Waals surface area contributed by atoms with Crippen LogP contribution in [0.2, 0.25) is 0 Å². The molecule has 148 valence electrons. The summed E-state index contributed by atoms with van der Waals surface area (Å²) in [5, 5.41) is 8.94. The van der Waals surface area contributed by atoms with Gasteiger partial charge in [-0.1, -0.05) is 31.2 Å². The van der Waals surface area contributed by atoms with Gasteiger partial charge in [0, 0.05) is 16.8 Å². The van der Waals surface area contributed by atoms with Crippen molar-refractivity contribution in [2.45, 2.75) is 58.0 Å². The lowest BCUT2D eigenvalue weighted by Crippen LogP contribution is -2.42. The van der Waals surface area contributed by atoms with E-state index in [-0.39, 0.29) is 23.5 Å². The molecule has 0 aliphatic heterocycles. The van der Waals surface area contributed by atoms with E-state index in [2.05, 4.69) is 28.1 Å². The lowest BCUT2D eigenvalue weighted by atomic mass is 9.88. The van der Waals surface area contributed by atoms with Crippen LogP contribution >= 0.6 is 0 Å². The number of urea groups is 1. The predicted molar refractivity (Wildman–Crippen MR) is 113 cm³/mol. The van der Waals surface area contributed by atoms with Crippen molar-refractivity contribution in [2.75, 3.05) is 5.32 Å². The number of aryl methyl sites for hydroxylation is 1. The first-order valence-electron chi connectivity index (χ1n) is 9.96. The molecule has 3 N–H and O–H groups in total. The van der Waals surface area contributed by atoms with E-state index in [0.717, 1.165) is 25.7 Å². The Morgan fingerprint density at radius 1 is 1.07 bits per heavy atom. The van der Waals surface area contributed by atoms with Crippen molar-refractivity contribution in [3.63, 3.8) is 0 Å². The fourth-order valence-corrected chi connectivity index (χ4v) is 3.40. The van der Waals surface area contributed by atoms with Crippen molar-refractivity contribution < 1.29 is 9.59 Å². The van der Waals surface area contributed by atoms with Crippen LogP contribution < -0.4 is 16.0 Å². The molecule has 5 heteroatoms. The van der Waals surface area contributed by atoms with Gasteiger partial charge in [0.15, 0.2) is 0 Å². The van der Waals surface area contributed by atoms with Crippen molar-refractivity contribution in [1.82, 2.24) is 10.6 Å². The van der Waals surface area contributed by atoms with Gasteiger partial charge in [-0.05, 0) is 74.9 Å². The molecule has 5 nitrogen and oxygen atoms in total. The molecular formula is C23H29N3O2. The van der Waals surface area contributed by atoms with E-state index in [9.17, 15) is 9.59 Å². The Hall–Kier alpha value is -2.82. The third-order valence-corrected chi connectivity index (χ3v) is 5.42. The number of amides is 3. The first-order valence-corrected chi connectivity index (χ1v) is 9.96. The van der Waals surface area contributed by atoms with Gasteiger partial charge >= 0.3 is 6.03 Å². The summed E-state index contributed by atoms with van der Waals surface area (Å²) >= 11 is 0. The van der Waals surface area contributed by atoms with E-state index in [1.165, 1.54) is 11.1 Å². The highest BCUT2D eigenvalue weighted by molar-refractivity contribution is 5.96. The molecule has 0 heterocycles. The lowest BCUT2D eigenvalue weighted by Gasteiger charge is -2.26. The summed E-state index contributed by atoms with van der Waals surface area (Å²) < 4.78 is 0. The van der Waals surface area contributed by atoms with Crippen molar-refractivity contribution in [3.05, 3.63) is 65.2 Å². The highest BCUT2D eigenvalue weighted by atomic mass is 16.2. The fraction of sp³-hybridized carbons (Fsp3) is 0.391. The first kappa shape index (κ1) is 19.9. The van der Waals surface area contributed by atoms with E-state index < -0.39 is 0 Å². The molecule has 2 aromatic rings. The van der Waals surface area contributed by atoms with Crippen molar-refractivity contribution in [1.29, 1.82) is 0 Å². The topological polar surface area (TPSA) is 70.2 Å². The minimum Gasteiger partial charge on any atom is -0.347 e. The molecule has 1 aliphatic carbocycles. The second-order valence-electron chi connectivity index (χ2n) is 8.01. The molecule has 0 aromatic heterocycles. The fourth-order valence-electron chi connectivity index (χ4n) is 3.40. The minimum absolute atomic E-state index is 0.0336. The standard InChI is InChI=1S/C23H29N3O2/c1-4-23(2,3)26-21(27)17-12-14-18(15-13-17)24-22(28)25-20-11-7-9-16-8-5-6-10-19(16)20/h5-6,8,10,12-15,20H,4,7,9,11H2,1-3H3,(H,26,27)(H2,24,25,28). The van der Waals surface area contributed by atoms with Crippen LogP contribution in [0.1, 0.15) is 67.6 Å². The predicted octanol–water partition coefficient (Wildman–Crippen LogP) is 4.80. The Morgan fingerprint density at radius 3 is 2.50 bits per heavy atom. The Labute approximate surface area is 166 Å². The largest absolute Gasteiger partial charge is 0.347 e. The monoisotopic (exact) mass is 379 g/mol. The van der Waals surface area contributed by atoms with E-state index >= 15 is 0 Å². The number of carbonyl (C=O) groups is 2. The van der Waals surface area contributed by atoms with Gasteiger partial charge < -0.3 is 16.0 Å². The van der Waals surface area contributed by atoms with Crippen LogP contribution in [-0.2, 0) is 6.42 Å². The third-order valence-electron chi connectivity index (χ3n) is 5.42. The number of hydrogen-bond acceptors (Lipinski definition) is 2. The van der Waals surface area contributed by atoms with Crippen LogP contribution in [0.15, 0.2) is 48.5 Å². The van der Waals surface area contributed by atoms with Gasteiger partial charge in [-0.25, -0.2) is 4.79 Å². The van der Waals surface area contributed by atoms with Crippen molar-refractivity contribution in [3.8, 4) is 0 Å². The number of hydrogen-bond donors (Lipinski definition) is 3. The third kappa shape index (κ3) is 4.91. The minimum atomic E-state index is -0.246. The maximum absolute atomic E-state index is 12.4. The first-order chi connectivity index (χ1) is 13.4. The summed E-state index contributed by atoms with van der Waals surface area (Å²) in [7, 11) is 0. The van der Waals surface area contributed by atoms with E-state index in [4.69, 9.17) is 0 Å². The molecule has 1 aliphatic rings. The molecule has 0 saturated carbocycles. The quantitative estimate of drug-likeness (QED) is 0.698. The zero-order chi connectivity index (χ0) is 20.1. The molecule has 0 fully saturated rings. The molecule has 2 aromatic carbocycles. The number of nitrogens with one attached hydrogen (secondary N) is 3. The lowest BCUT2D eigenvalue weighted by molar-refractivity contribution is 0.0911. The van der Waals surface area contributed by atoms with Crippen LogP contribution in [0.3, 0.4) is 0 Å². The van der Waals surface area contributed by atoms with Crippen LogP contribution in [-0.4, -0.2) is 17.5 Å². The summed E-state index contributed by atoms with van der Waals surface area (Å²) in [5.74, 6) is -0.110. The van der Waals surface area contributed by atoms with Gasteiger partial charge in [-0.3, -0.25) is 4.79 Å². The SMILES string of the molecule is CCC(C)(C)NC(=O)c1ccc(NC(=O)NC2CCCc3ccccc32)cc1.